The number of thiocarbonyl (C=S) groups is 1. The Morgan fingerprint density at radius 3 is 2.68 bits per heavy atom. The quantitative estimate of drug-likeness (QED) is 0.868. The van der Waals surface area contributed by atoms with Gasteiger partial charge in [-0.1, -0.05) is 31.3 Å². The van der Waals surface area contributed by atoms with Gasteiger partial charge < -0.3 is 10.5 Å². The number of para-hydroxylation sites is 1. The first kappa shape index (κ1) is 13.7. The molecule has 0 aliphatic rings. The predicted molar refractivity (Wildman–Crippen MR) is 82.6 cm³/mol. The molecule has 0 saturated heterocycles. The molecule has 0 saturated carbocycles. The minimum atomic E-state index is -0.274. The minimum Gasteiger partial charge on any atom is -0.486 e. The van der Waals surface area contributed by atoms with Crippen LogP contribution in [0.2, 0.25) is 0 Å². The summed E-state index contributed by atoms with van der Waals surface area (Å²) in [7, 11) is 0. The maximum absolute atomic E-state index is 6.15. The molecule has 0 unspecified atom stereocenters. The normalized spacial score (nSPS) is 11.5. The van der Waals surface area contributed by atoms with Gasteiger partial charge in [0.1, 0.15) is 16.3 Å². The SMILES string of the molecule is CCC(C)(C)Oc1c(C(N)=S)cnc2ccccc12. The smallest absolute Gasteiger partial charge is 0.141 e. The van der Waals surface area contributed by atoms with Crippen molar-refractivity contribution in [1.82, 2.24) is 4.98 Å². The zero-order valence-electron chi connectivity index (χ0n) is 11.4. The highest BCUT2D eigenvalue weighted by atomic mass is 32.1. The number of aromatic nitrogens is 1. The van der Waals surface area contributed by atoms with Crippen molar-refractivity contribution >= 4 is 28.1 Å². The maximum Gasteiger partial charge on any atom is 0.141 e. The van der Waals surface area contributed by atoms with Crippen LogP contribution >= 0.6 is 12.2 Å². The average Bonchev–Trinajstić information content (AvgIpc) is 2.38. The van der Waals surface area contributed by atoms with Crippen LogP contribution in [0.15, 0.2) is 30.5 Å². The van der Waals surface area contributed by atoms with Gasteiger partial charge in [0.15, 0.2) is 0 Å². The molecule has 0 fully saturated rings. The zero-order valence-corrected chi connectivity index (χ0v) is 12.3. The minimum absolute atomic E-state index is 0.274. The van der Waals surface area contributed by atoms with E-state index in [1.54, 1.807) is 6.20 Å². The van der Waals surface area contributed by atoms with Crippen LogP contribution in [0.5, 0.6) is 5.75 Å². The number of nitrogens with zero attached hydrogens (tertiary/aromatic N) is 1. The fraction of sp³-hybridized carbons (Fsp3) is 0.333. The van der Waals surface area contributed by atoms with Crippen molar-refractivity contribution < 1.29 is 4.74 Å². The summed E-state index contributed by atoms with van der Waals surface area (Å²) in [6, 6.07) is 7.83. The van der Waals surface area contributed by atoms with Crippen molar-refractivity contribution in [2.24, 2.45) is 5.73 Å². The van der Waals surface area contributed by atoms with E-state index >= 15 is 0 Å². The number of pyridine rings is 1. The third kappa shape index (κ3) is 2.84. The van der Waals surface area contributed by atoms with E-state index in [0.717, 1.165) is 23.1 Å². The first-order valence-electron chi connectivity index (χ1n) is 6.31. The third-order valence-electron chi connectivity index (χ3n) is 3.22. The molecule has 2 rings (SSSR count). The lowest BCUT2D eigenvalue weighted by molar-refractivity contribution is 0.107. The van der Waals surface area contributed by atoms with E-state index in [9.17, 15) is 0 Å². The Bertz CT molecular complexity index is 623. The molecule has 19 heavy (non-hydrogen) atoms. The third-order valence-corrected chi connectivity index (χ3v) is 3.44. The molecule has 1 aromatic heterocycles. The number of rotatable bonds is 4. The summed E-state index contributed by atoms with van der Waals surface area (Å²) in [5.74, 6) is 0.727. The molecule has 1 heterocycles. The molecular weight excluding hydrogens is 256 g/mol. The van der Waals surface area contributed by atoms with Crippen molar-refractivity contribution in [3.8, 4) is 5.75 Å². The van der Waals surface area contributed by atoms with Crippen LogP contribution in [0.3, 0.4) is 0 Å². The number of benzene rings is 1. The molecule has 1 aromatic carbocycles. The Labute approximate surface area is 118 Å². The van der Waals surface area contributed by atoms with Crippen molar-refractivity contribution in [1.29, 1.82) is 0 Å². The van der Waals surface area contributed by atoms with Crippen molar-refractivity contribution in [3.05, 3.63) is 36.0 Å². The number of hydrogen-bond acceptors (Lipinski definition) is 3. The summed E-state index contributed by atoms with van der Waals surface area (Å²) in [6.45, 7) is 6.18. The van der Waals surface area contributed by atoms with Crippen LogP contribution in [0.1, 0.15) is 32.8 Å². The number of nitrogens with two attached hydrogens (primary N) is 1. The molecule has 0 atom stereocenters. The highest BCUT2D eigenvalue weighted by Gasteiger charge is 2.21. The number of hydrogen-bond donors (Lipinski definition) is 1. The van der Waals surface area contributed by atoms with E-state index in [4.69, 9.17) is 22.7 Å². The van der Waals surface area contributed by atoms with Crippen LogP contribution in [0.25, 0.3) is 10.9 Å². The Kier molecular flexibility index (Phi) is 3.71. The topological polar surface area (TPSA) is 48.1 Å². The lowest BCUT2D eigenvalue weighted by atomic mass is 10.1. The predicted octanol–water partition coefficient (Wildman–Crippen LogP) is 3.44. The first-order valence-corrected chi connectivity index (χ1v) is 6.72. The lowest BCUT2D eigenvalue weighted by Gasteiger charge is -2.27. The molecule has 2 N–H and O–H groups in total. The van der Waals surface area contributed by atoms with E-state index in [0.29, 0.717) is 10.6 Å². The molecule has 3 nitrogen and oxygen atoms in total. The van der Waals surface area contributed by atoms with Gasteiger partial charge in [-0.25, -0.2) is 0 Å². The van der Waals surface area contributed by atoms with E-state index < -0.39 is 0 Å². The standard InChI is InChI=1S/C15H18N2OS/c1-4-15(2,3)18-13-10-7-5-6-8-12(10)17-9-11(13)14(16)19/h5-9H,4H2,1-3H3,(H2,16,19). The van der Waals surface area contributed by atoms with Crippen LogP contribution in [-0.2, 0) is 0 Å². The number of ether oxygens (including phenoxy) is 1. The Morgan fingerprint density at radius 2 is 2.05 bits per heavy atom. The lowest BCUT2D eigenvalue weighted by Crippen LogP contribution is -2.28. The summed E-state index contributed by atoms with van der Waals surface area (Å²) in [5, 5.41) is 0.939. The van der Waals surface area contributed by atoms with Gasteiger partial charge in [-0.05, 0) is 32.4 Å². The van der Waals surface area contributed by atoms with Gasteiger partial charge in [-0.2, -0.15) is 0 Å². The monoisotopic (exact) mass is 274 g/mol. The van der Waals surface area contributed by atoms with Crippen LogP contribution < -0.4 is 10.5 Å². The van der Waals surface area contributed by atoms with Gasteiger partial charge >= 0.3 is 0 Å². The second kappa shape index (κ2) is 5.13. The summed E-state index contributed by atoms with van der Waals surface area (Å²) in [6.07, 6.45) is 2.58. The van der Waals surface area contributed by atoms with Gasteiger partial charge in [0.2, 0.25) is 0 Å². The van der Waals surface area contributed by atoms with Gasteiger partial charge in [0.05, 0.1) is 11.1 Å². The Morgan fingerprint density at radius 1 is 1.37 bits per heavy atom. The molecular formula is C15H18N2OS. The molecule has 0 aliphatic carbocycles. The summed E-state index contributed by atoms with van der Waals surface area (Å²) in [4.78, 5) is 4.68. The van der Waals surface area contributed by atoms with Crippen molar-refractivity contribution in [2.75, 3.05) is 0 Å². The number of fused-ring (bicyclic) bond motifs is 1. The molecule has 0 bridgehead atoms. The van der Waals surface area contributed by atoms with Crippen molar-refractivity contribution in [2.45, 2.75) is 32.8 Å². The van der Waals surface area contributed by atoms with E-state index in [2.05, 4.69) is 11.9 Å². The van der Waals surface area contributed by atoms with Crippen LogP contribution in [0.4, 0.5) is 0 Å². The summed E-state index contributed by atoms with van der Waals surface area (Å²) in [5.41, 5.74) is 7.07. The Balaban J connectivity index is 2.66. The van der Waals surface area contributed by atoms with Crippen LogP contribution in [0, 0.1) is 0 Å². The summed E-state index contributed by atoms with van der Waals surface area (Å²) < 4.78 is 6.15. The van der Waals surface area contributed by atoms with E-state index in [1.165, 1.54) is 0 Å². The zero-order chi connectivity index (χ0) is 14.0. The van der Waals surface area contributed by atoms with E-state index in [1.807, 2.05) is 38.1 Å². The van der Waals surface area contributed by atoms with E-state index in [-0.39, 0.29) is 5.60 Å². The highest BCUT2D eigenvalue weighted by molar-refractivity contribution is 7.80. The van der Waals surface area contributed by atoms with Gasteiger partial charge in [-0.3, -0.25) is 4.98 Å². The maximum atomic E-state index is 6.15. The second-order valence-corrected chi connectivity index (χ2v) is 5.54. The summed E-state index contributed by atoms with van der Waals surface area (Å²) >= 11 is 5.10. The molecule has 0 aliphatic heterocycles. The molecule has 100 valence electrons. The fourth-order valence-corrected chi connectivity index (χ4v) is 1.90. The van der Waals surface area contributed by atoms with Crippen molar-refractivity contribution in [3.63, 3.8) is 0 Å². The van der Waals surface area contributed by atoms with Gasteiger partial charge in [-0.15, -0.1) is 0 Å². The molecule has 4 heteroatoms. The average molecular weight is 274 g/mol. The largest absolute Gasteiger partial charge is 0.486 e. The van der Waals surface area contributed by atoms with Gasteiger partial charge in [0, 0.05) is 11.6 Å². The first-order chi connectivity index (χ1) is 8.94. The fourth-order valence-electron chi connectivity index (χ4n) is 1.75. The van der Waals surface area contributed by atoms with Crippen LogP contribution in [-0.4, -0.2) is 15.6 Å². The second-order valence-electron chi connectivity index (χ2n) is 5.10. The van der Waals surface area contributed by atoms with Gasteiger partial charge in [0.25, 0.3) is 0 Å². The highest BCUT2D eigenvalue weighted by Crippen LogP contribution is 2.32. The molecule has 0 spiro atoms. The molecule has 0 amide bonds. The Hall–Kier alpha value is -1.68. The molecule has 2 aromatic rings. The molecule has 0 radical (unpaired) electrons.